The topological polar surface area (TPSA) is 53.4 Å². The van der Waals surface area contributed by atoms with Crippen molar-refractivity contribution in [3.05, 3.63) is 52.4 Å². The van der Waals surface area contributed by atoms with Crippen LogP contribution in [0.2, 0.25) is 5.15 Å². The van der Waals surface area contributed by atoms with Gasteiger partial charge in [0.05, 0.1) is 5.56 Å². The summed E-state index contributed by atoms with van der Waals surface area (Å²) in [7, 11) is 0. The van der Waals surface area contributed by atoms with Crippen molar-refractivity contribution in [1.29, 1.82) is 0 Å². The number of benzene rings is 1. The summed E-state index contributed by atoms with van der Waals surface area (Å²) in [5.41, 5.74) is 1.77. The van der Waals surface area contributed by atoms with E-state index in [0.717, 1.165) is 12.0 Å². The Hall–Kier alpha value is -2.14. The van der Waals surface area contributed by atoms with Gasteiger partial charge in [-0.1, -0.05) is 17.7 Å². The van der Waals surface area contributed by atoms with Gasteiger partial charge in [-0.05, 0) is 36.2 Å². The maximum atomic E-state index is 13.4. The maximum Gasteiger partial charge on any atom is 0.335 e. The number of hydrogen-bond acceptors (Lipinski definition) is 3. The second kappa shape index (κ2) is 4.76. The zero-order chi connectivity index (χ0) is 14.3. The molecule has 0 amide bonds. The number of nitrogens with zero attached hydrogens (tertiary/aromatic N) is 2. The van der Waals surface area contributed by atoms with E-state index in [1.807, 2.05) is 0 Å². The van der Waals surface area contributed by atoms with Crippen LogP contribution < -0.4 is 4.90 Å². The second-order valence-electron chi connectivity index (χ2n) is 4.52. The smallest absolute Gasteiger partial charge is 0.335 e. The fourth-order valence-corrected chi connectivity index (χ4v) is 2.54. The third-order valence-electron chi connectivity index (χ3n) is 3.25. The van der Waals surface area contributed by atoms with Gasteiger partial charge in [0.2, 0.25) is 0 Å². The SMILES string of the molecule is O=C(O)c1cc(Cl)nc(N2CCc3ccc(F)cc32)c1. The monoisotopic (exact) mass is 292 g/mol. The van der Waals surface area contributed by atoms with Crippen molar-refractivity contribution in [2.45, 2.75) is 6.42 Å². The van der Waals surface area contributed by atoms with E-state index in [1.165, 1.54) is 24.3 Å². The number of hydrogen-bond donors (Lipinski definition) is 1. The number of carboxylic acid groups (broad SMARTS) is 1. The summed E-state index contributed by atoms with van der Waals surface area (Å²) in [6.45, 7) is 0.616. The Morgan fingerprint density at radius 3 is 2.90 bits per heavy atom. The molecule has 1 N–H and O–H groups in total. The Kier molecular flexibility index (Phi) is 3.06. The van der Waals surface area contributed by atoms with Crippen molar-refractivity contribution in [3.63, 3.8) is 0 Å². The number of rotatable bonds is 2. The number of carboxylic acids is 1. The summed E-state index contributed by atoms with van der Waals surface area (Å²) in [5, 5.41) is 9.15. The number of aromatic nitrogens is 1. The van der Waals surface area contributed by atoms with Crippen LogP contribution in [0.4, 0.5) is 15.9 Å². The average Bonchev–Trinajstić information content (AvgIpc) is 2.80. The number of carbonyl (C=O) groups is 1. The lowest BCUT2D eigenvalue weighted by Crippen LogP contribution is -2.16. The molecule has 102 valence electrons. The average molecular weight is 293 g/mol. The van der Waals surface area contributed by atoms with Gasteiger partial charge in [-0.25, -0.2) is 14.2 Å². The van der Waals surface area contributed by atoms with E-state index in [-0.39, 0.29) is 16.5 Å². The molecule has 6 heteroatoms. The molecule has 0 atom stereocenters. The molecule has 0 aliphatic carbocycles. The van der Waals surface area contributed by atoms with Crippen LogP contribution in [-0.2, 0) is 6.42 Å². The highest BCUT2D eigenvalue weighted by molar-refractivity contribution is 6.29. The van der Waals surface area contributed by atoms with E-state index in [9.17, 15) is 9.18 Å². The molecule has 0 fully saturated rings. The minimum Gasteiger partial charge on any atom is -0.478 e. The third-order valence-corrected chi connectivity index (χ3v) is 3.44. The van der Waals surface area contributed by atoms with Crippen LogP contribution in [0.3, 0.4) is 0 Å². The molecule has 0 saturated heterocycles. The molecule has 0 bridgehead atoms. The zero-order valence-corrected chi connectivity index (χ0v) is 11.1. The van der Waals surface area contributed by atoms with Crippen LogP contribution in [0, 0.1) is 5.82 Å². The minimum absolute atomic E-state index is 0.0600. The Morgan fingerprint density at radius 1 is 1.35 bits per heavy atom. The molecule has 0 saturated carbocycles. The van der Waals surface area contributed by atoms with Crippen molar-refractivity contribution >= 4 is 29.1 Å². The van der Waals surface area contributed by atoms with Crippen LogP contribution in [0.5, 0.6) is 0 Å². The molecule has 2 heterocycles. The van der Waals surface area contributed by atoms with Gasteiger partial charge >= 0.3 is 5.97 Å². The van der Waals surface area contributed by atoms with Gasteiger partial charge in [0.1, 0.15) is 16.8 Å². The first-order valence-corrected chi connectivity index (χ1v) is 6.39. The first kappa shape index (κ1) is 12.9. The van der Waals surface area contributed by atoms with Gasteiger partial charge in [0.15, 0.2) is 0 Å². The molecule has 2 aromatic rings. The summed E-state index contributed by atoms with van der Waals surface area (Å²) in [5.74, 6) is -0.996. The Labute approximate surface area is 119 Å². The summed E-state index contributed by atoms with van der Waals surface area (Å²) >= 11 is 5.86. The molecular weight excluding hydrogens is 283 g/mol. The quantitative estimate of drug-likeness (QED) is 0.863. The molecule has 0 spiro atoms. The van der Waals surface area contributed by atoms with Gasteiger partial charge in [-0.15, -0.1) is 0 Å². The van der Waals surface area contributed by atoms with Crippen molar-refractivity contribution in [2.24, 2.45) is 0 Å². The van der Waals surface area contributed by atoms with Crippen LogP contribution in [-0.4, -0.2) is 22.6 Å². The molecule has 0 radical (unpaired) electrons. The summed E-state index contributed by atoms with van der Waals surface area (Å²) in [4.78, 5) is 17.0. The lowest BCUT2D eigenvalue weighted by molar-refractivity contribution is 0.0697. The first-order chi connectivity index (χ1) is 9.54. The zero-order valence-electron chi connectivity index (χ0n) is 10.3. The first-order valence-electron chi connectivity index (χ1n) is 6.01. The largest absolute Gasteiger partial charge is 0.478 e. The molecule has 0 unspecified atom stereocenters. The Balaban J connectivity index is 2.08. The fourth-order valence-electron chi connectivity index (χ4n) is 2.34. The lowest BCUT2D eigenvalue weighted by Gasteiger charge is -2.19. The van der Waals surface area contributed by atoms with Crippen molar-refractivity contribution < 1.29 is 14.3 Å². The lowest BCUT2D eigenvalue weighted by atomic mass is 10.1. The van der Waals surface area contributed by atoms with Crippen LogP contribution in [0.15, 0.2) is 30.3 Å². The van der Waals surface area contributed by atoms with Crippen molar-refractivity contribution in [1.82, 2.24) is 4.98 Å². The van der Waals surface area contributed by atoms with E-state index in [2.05, 4.69) is 4.98 Å². The predicted octanol–water partition coefficient (Wildman–Crippen LogP) is 3.27. The summed E-state index contributed by atoms with van der Waals surface area (Å²) in [6.07, 6.45) is 0.756. The molecule has 1 aliphatic heterocycles. The van der Waals surface area contributed by atoms with Crippen LogP contribution >= 0.6 is 11.6 Å². The van der Waals surface area contributed by atoms with Gasteiger partial charge < -0.3 is 10.0 Å². The fraction of sp³-hybridized carbons (Fsp3) is 0.143. The second-order valence-corrected chi connectivity index (χ2v) is 4.90. The van der Waals surface area contributed by atoms with Crippen LogP contribution in [0.1, 0.15) is 15.9 Å². The Morgan fingerprint density at radius 2 is 2.15 bits per heavy atom. The molecule has 1 aliphatic rings. The number of aromatic carboxylic acids is 1. The normalized spacial score (nSPS) is 13.4. The van der Waals surface area contributed by atoms with Gasteiger partial charge in [-0.3, -0.25) is 0 Å². The maximum absolute atomic E-state index is 13.4. The van der Waals surface area contributed by atoms with E-state index >= 15 is 0 Å². The summed E-state index contributed by atoms with van der Waals surface area (Å²) in [6, 6.07) is 7.29. The molecule has 20 heavy (non-hydrogen) atoms. The standard InChI is InChI=1S/C14H10ClFN2O2/c15-12-5-9(14(19)20)6-13(17-12)18-4-3-8-1-2-10(16)7-11(8)18/h1-2,5-7H,3-4H2,(H,19,20). The highest BCUT2D eigenvalue weighted by Gasteiger charge is 2.23. The van der Waals surface area contributed by atoms with Gasteiger partial charge in [0.25, 0.3) is 0 Å². The van der Waals surface area contributed by atoms with Crippen molar-refractivity contribution in [2.75, 3.05) is 11.4 Å². The molecule has 3 rings (SSSR count). The number of halogens is 2. The number of anilines is 2. The molecule has 1 aromatic carbocycles. The number of pyridine rings is 1. The van der Waals surface area contributed by atoms with E-state index in [0.29, 0.717) is 18.1 Å². The Bertz CT molecular complexity index is 706. The van der Waals surface area contributed by atoms with E-state index in [4.69, 9.17) is 16.7 Å². The predicted molar refractivity (Wildman–Crippen MR) is 73.3 cm³/mol. The molecule has 1 aromatic heterocycles. The molecule has 4 nitrogen and oxygen atoms in total. The highest BCUT2D eigenvalue weighted by atomic mass is 35.5. The van der Waals surface area contributed by atoms with Crippen LogP contribution in [0.25, 0.3) is 0 Å². The minimum atomic E-state index is -1.07. The third kappa shape index (κ3) is 2.20. The molecular formula is C14H10ClFN2O2. The van der Waals surface area contributed by atoms with Gasteiger partial charge in [-0.2, -0.15) is 0 Å². The van der Waals surface area contributed by atoms with E-state index < -0.39 is 5.97 Å². The summed E-state index contributed by atoms with van der Waals surface area (Å²) < 4.78 is 13.4. The van der Waals surface area contributed by atoms with Crippen molar-refractivity contribution in [3.8, 4) is 0 Å². The highest BCUT2D eigenvalue weighted by Crippen LogP contribution is 2.34. The van der Waals surface area contributed by atoms with Gasteiger partial charge in [0, 0.05) is 12.2 Å². The van der Waals surface area contributed by atoms with E-state index in [1.54, 1.807) is 11.0 Å². The number of fused-ring (bicyclic) bond motifs is 1.